The first-order valence-corrected chi connectivity index (χ1v) is 15.3. The molecule has 0 unspecified atom stereocenters. The van der Waals surface area contributed by atoms with Crippen LogP contribution < -0.4 is 11.1 Å². The average molecular weight is 545 g/mol. The third-order valence-corrected chi connectivity index (χ3v) is 7.34. The van der Waals surface area contributed by atoms with E-state index in [9.17, 15) is 0 Å². The van der Waals surface area contributed by atoms with Crippen molar-refractivity contribution in [2.24, 2.45) is 5.73 Å². The molecule has 2 nitrogen and oxygen atoms in total. The maximum absolute atomic E-state index is 6.27. The Morgan fingerprint density at radius 3 is 1.42 bits per heavy atom. The maximum Gasteiger partial charge on any atom is 0.0387 e. The Hall–Kier alpha value is -2.50. The minimum Gasteiger partial charge on any atom is -0.323 e. The van der Waals surface area contributed by atoms with Gasteiger partial charge in [-0.1, -0.05) is 135 Å². The lowest BCUT2D eigenvalue weighted by Gasteiger charge is -2.26. The van der Waals surface area contributed by atoms with E-state index < -0.39 is 0 Å². The van der Waals surface area contributed by atoms with E-state index in [2.05, 4.69) is 129 Å². The first-order chi connectivity index (χ1) is 18.6. The molecule has 0 bridgehead atoms. The minimum atomic E-state index is 0. The lowest BCUT2D eigenvalue weighted by molar-refractivity contribution is 0.481. The smallest absolute Gasteiger partial charge is 0.0387 e. The molecule has 0 amide bonds. The van der Waals surface area contributed by atoms with Gasteiger partial charge < -0.3 is 11.1 Å². The van der Waals surface area contributed by atoms with Crippen LogP contribution in [0.3, 0.4) is 0 Å². The number of hydrogen-bond donors (Lipinski definition) is 3. The predicted molar refractivity (Wildman–Crippen MR) is 174 cm³/mol. The van der Waals surface area contributed by atoms with Gasteiger partial charge in [0.15, 0.2) is 0 Å². The molecule has 1 aliphatic heterocycles. The number of nitrogens with one attached hydrogen (secondary N) is 1. The summed E-state index contributed by atoms with van der Waals surface area (Å²) in [6.07, 6.45) is 0. The fraction of sp³-hybridized carbons (Fsp3) is 0.294. The van der Waals surface area contributed by atoms with Crippen LogP contribution in [0.25, 0.3) is 0 Å². The second-order valence-electron chi connectivity index (χ2n) is 9.51. The standard InChI is InChI=1S/C17H21NS.C15H17N.C2H4S.H2/c1-14(15-8-4-2-5-9-15)17(18-12-13-19)16-10-6-3-7-11-16;1-12(13-8-4-2-5-9-13)15(16)14-10-6-3-7-11-14;1-2-3-1;/h2-11,14,17-19H,12-13H2,1H3;2-12,15H,16H2,1H3;1-2H2;1H/t14-,17+;12-,15+;;/m11../s1. The number of benzene rings is 4. The Kier molecular flexibility index (Phi) is 13.6. The quantitative estimate of drug-likeness (QED) is 0.146. The molecule has 1 heterocycles. The van der Waals surface area contributed by atoms with Gasteiger partial charge in [-0.15, -0.1) is 0 Å². The summed E-state index contributed by atoms with van der Waals surface area (Å²) >= 11 is 6.30. The fourth-order valence-electron chi connectivity index (χ4n) is 4.34. The van der Waals surface area contributed by atoms with Crippen LogP contribution in [0.4, 0.5) is 0 Å². The molecule has 1 aliphatic rings. The van der Waals surface area contributed by atoms with E-state index in [1.165, 1.54) is 33.8 Å². The molecule has 0 radical (unpaired) electrons. The van der Waals surface area contributed by atoms with Crippen LogP contribution in [0.15, 0.2) is 121 Å². The summed E-state index contributed by atoms with van der Waals surface area (Å²) < 4.78 is 0. The molecule has 4 heteroatoms. The van der Waals surface area contributed by atoms with Gasteiger partial charge in [0, 0.05) is 49.1 Å². The molecule has 0 saturated carbocycles. The molecule has 1 saturated heterocycles. The van der Waals surface area contributed by atoms with Crippen LogP contribution in [0, 0.1) is 0 Å². The molecule has 0 aliphatic carbocycles. The number of thioether (sulfide) groups is 1. The van der Waals surface area contributed by atoms with E-state index >= 15 is 0 Å². The van der Waals surface area contributed by atoms with Crippen molar-refractivity contribution in [3.8, 4) is 0 Å². The number of nitrogens with two attached hydrogens (primary N) is 1. The van der Waals surface area contributed by atoms with E-state index in [1.807, 2.05) is 36.0 Å². The Morgan fingerprint density at radius 2 is 1.03 bits per heavy atom. The zero-order valence-electron chi connectivity index (χ0n) is 22.6. The SMILES string of the molecule is C1CS1.C[C@H](c1ccccc1)[C@H](N)c1ccccc1.C[C@H](c1ccccc1)[C@H](NCCS)c1ccccc1.[HH]. The van der Waals surface area contributed by atoms with Gasteiger partial charge in [0.25, 0.3) is 0 Å². The van der Waals surface area contributed by atoms with Gasteiger partial charge in [-0.05, 0) is 22.3 Å². The maximum atomic E-state index is 6.27. The zero-order valence-corrected chi connectivity index (χ0v) is 24.3. The van der Waals surface area contributed by atoms with Crippen molar-refractivity contribution in [3.63, 3.8) is 0 Å². The molecule has 4 aromatic carbocycles. The summed E-state index contributed by atoms with van der Waals surface area (Å²) in [6, 6.07) is 42.4. The van der Waals surface area contributed by atoms with Crippen LogP contribution >= 0.6 is 24.4 Å². The lowest BCUT2D eigenvalue weighted by atomic mass is 9.88. The van der Waals surface area contributed by atoms with Gasteiger partial charge >= 0.3 is 0 Å². The first kappa shape index (κ1) is 30.0. The summed E-state index contributed by atoms with van der Waals surface area (Å²) in [4.78, 5) is 0. The highest BCUT2D eigenvalue weighted by atomic mass is 32.2. The molecular formula is C34H44N2S2. The van der Waals surface area contributed by atoms with E-state index in [-0.39, 0.29) is 7.47 Å². The van der Waals surface area contributed by atoms with E-state index in [4.69, 9.17) is 5.73 Å². The molecule has 38 heavy (non-hydrogen) atoms. The lowest BCUT2D eigenvalue weighted by Crippen LogP contribution is -2.27. The van der Waals surface area contributed by atoms with E-state index in [0.29, 0.717) is 17.9 Å². The molecular weight excluding hydrogens is 501 g/mol. The van der Waals surface area contributed by atoms with Crippen molar-refractivity contribution in [2.45, 2.75) is 37.8 Å². The highest BCUT2D eigenvalue weighted by Crippen LogP contribution is 2.30. The zero-order chi connectivity index (χ0) is 27.0. The molecule has 0 spiro atoms. The van der Waals surface area contributed by atoms with Crippen molar-refractivity contribution in [1.29, 1.82) is 0 Å². The monoisotopic (exact) mass is 544 g/mol. The minimum absolute atomic E-state index is 0. The van der Waals surface area contributed by atoms with Crippen LogP contribution in [0.5, 0.6) is 0 Å². The fourth-order valence-corrected chi connectivity index (χ4v) is 4.47. The summed E-state index contributed by atoms with van der Waals surface area (Å²) in [5.74, 6) is 4.46. The Bertz CT molecular complexity index is 1080. The van der Waals surface area contributed by atoms with Crippen LogP contribution in [-0.4, -0.2) is 23.8 Å². The average Bonchev–Trinajstić information content (AvgIpc) is 3.89. The van der Waals surface area contributed by atoms with E-state index in [1.54, 1.807) is 0 Å². The molecule has 202 valence electrons. The Morgan fingerprint density at radius 1 is 0.658 bits per heavy atom. The molecule has 4 aromatic rings. The third-order valence-electron chi connectivity index (χ3n) is 6.71. The van der Waals surface area contributed by atoms with Crippen LogP contribution in [-0.2, 0) is 0 Å². The number of rotatable bonds is 9. The third kappa shape index (κ3) is 10.3. The van der Waals surface area contributed by atoms with Crippen molar-refractivity contribution >= 4 is 24.4 Å². The second-order valence-corrected chi connectivity index (χ2v) is 11.2. The second kappa shape index (κ2) is 17.2. The van der Waals surface area contributed by atoms with Gasteiger partial charge in [-0.3, -0.25) is 0 Å². The molecule has 4 atom stereocenters. The number of hydrogen-bond acceptors (Lipinski definition) is 4. The highest BCUT2D eigenvalue weighted by Gasteiger charge is 2.19. The summed E-state index contributed by atoms with van der Waals surface area (Å²) in [6.45, 7) is 5.37. The van der Waals surface area contributed by atoms with Crippen LogP contribution in [0.1, 0.15) is 61.4 Å². The van der Waals surface area contributed by atoms with E-state index in [0.717, 1.165) is 12.3 Å². The highest BCUT2D eigenvalue weighted by molar-refractivity contribution is 8.06. The number of thiol groups is 1. The molecule has 1 fully saturated rings. The first-order valence-electron chi connectivity index (χ1n) is 13.5. The van der Waals surface area contributed by atoms with Crippen molar-refractivity contribution in [1.82, 2.24) is 5.32 Å². The molecule has 3 N–H and O–H groups in total. The van der Waals surface area contributed by atoms with Gasteiger partial charge in [0.2, 0.25) is 0 Å². The van der Waals surface area contributed by atoms with Crippen molar-refractivity contribution < 1.29 is 1.43 Å². The Balaban J connectivity index is 0.000000243. The Labute approximate surface area is 241 Å². The van der Waals surface area contributed by atoms with Crippen molar-refractivity contribution in [2.75, 3.05) is 23.8 Å². The summed E-state index contributed by atoms with van der Waals surface area (Å²) in [7, 11) is 0. The van der Waals surface area contributed by atoms with Gasteiger partial charge in [-0.2, -0.15) is 24.4 Å². The van der Waals surface area contributed by atoms with Crippen molar-refractivity contribution in [3.05, 3.63) is 144 Å². The summed E-state index contributed by atoms with van der Waals surface area (Å²) in [5.41, 5.74) is 11.5. The normalized spacial score (nSPS) is 14.9. The van der Waals surface area contributed by atoms with Gasteiger partial charge in [0.1, 0.15) is 0 Å². The van der Waals surface area contributed by atoms with Crippen LogP contribution in [0.2, 0.25) is 0 Å². The molecule has 0 aromatic heterocycles. The topological polar surface area (TPSA) is 38.0 Å². The summed E-state index contributed by atoms with van der Waals surface area (Å²) in [5, 5.41) is 3.61. The van der Waals surface area contributed by atoms with Gasteiger partial charge in [0.05, 0.1) is 0 Å². The predicted octanol–water partition coefficient (Wildman–Crippen LogP) is 8.52. The largest absolute Gasteiger partial charge is 0.323 e. The van der Waals surface area contributed by atoms with Gasteiger partial charge in [-0.25, -0.2) is 0 Å². The molecule has 5 rings (SSSR count).